The van der Waals surface area contributed by atoms with E-state index < -0.39 is 72.7 Å². The Morgan fingerprint density at radius 2 is 1.45 bits per heavy atom. The van der Waals surface area contributed by atoms with E-state index in [1.54, 1.807) is 46.8 Å². The third kappa shape index (κ3) is 13.0. The van der Waals surface area contributed by atoms with Crippen LogP contribution in [0.3, 0.4) is 0 Å². The van der Waals surface area contributed by atoms with Gasteiger partial charge in [0.2, 0.25) is 11.8 Å². The van der Waals surface area contributed by atoms with Gasteiger partial charge in [-0.05, 0) is 64.7 Å². The molecule has 2 amide bonds. The van der Waals surface area contributed by atoms with Gasteiger partial charge in [-0.2, -0.15) is 0 Å². The highest BCUT2D eigenvalue weighted by Gasteiger charge is 2.32. The molecule has 0 saturated heterocycles. The van der Waals surface area contributed by atoms with E-state index in [9.17, 15) is 39.9 Å². The summed E-state index contributed by atoms with van der Waals surface area (Å²) in [6, 6.07) is 2.12. The molecule has 0 fully saturated rings. The number of benzene rings is 1. The molecule has 0 saturated carbocycles. The SMILES string of the molecule is CC(O)NC(Cc1ccc(O)cc1)C(=O)NC(C(C)C)C(O)NC(C)C(=O)NC(CC(=O)OC(C)(C)C)C(O)O. The van der Waals surface area contributed by atoms with E-state index in [2.05, 4.69) is 21.3 Å². The molecule has 0 spiro atoms. The molecule has 13 heteroatoms. The second kappa shape index (κ2) is 15.8. The minimum Gasteiger partial charge on any atom is -0.508 e. The molecular weight excluding hydrogens is 524 g/mol. The van der Waals surface area contributed by atoms with Crippen LogP contribution in [-0.2, 0) is 25.5 Å². The molecule has 1 aromatic rings. The van der Waals surface area contributed by atoms with Gasteiger partial charge in [-0.1, -0.05) is 26.0 Å². The lowest BCUT2D eigenvalue weighted by Gasteiger charge is -2.32. The predicted molar refractivity (Wildman–Crippen MR) is 146 cm³/mol. The summed E-state index contributed by atoms with van der Waals surface area (Å²) in [6.45, 7) is 11.4. The van der Waals surface area contributed by atoms with Gasteiger partial charge in [-0.25, -0.2) is 0 Å². The number of carbonyl (C=O) groups is 3. The summed E-state index contributed by atoms with van der Waals surface area (Å²) in [7, 11) is 0. The van der Waals surface area contributed by atoms with E-state index in [0.717, 1.165) is 5.56 Å². The molecule has 13 nitrogen and oxygen atoms in total. The number of amides is 2. The molecule has 0 aromatic heterocycles. The van der Waals surface area contributed by atoms with Gasteiger partial charge < -0.3 is 40.9 Å². The fraction of sp³-hybridized carbons (Fsp3) is 0.667. The van der Waals surface area contributed by atoms with Crippen molar-refractivity contribution in [2.24, 2.45) is 5.92 Å². The Bertz CT molecular complexity index is 948. The van der Waals surface area contributed by atoms with Crippen LogP contribution in [0, 0.1) is 5.92 Å². The Hall–Kier alpha value is -2.81. The van der Waals surface area contributed by atoms with Crippen molar-refractivity contribution in [3.05, 3.63) is 29.8 Å². The molecule has 6 unspecified atom stereocenters. The molecule has 9 N–H and O–H groups in total. The molecule has 0 aliphatic carbocycles. The molecule has 1 aromatic carbocycles. The Morgan fingerprint density at radius 1 is 0.875 bits per heavy atom. The summed E-state index contributed by atoms with van der Waals surface area (Å²) in [6.07, 6.45) is -4.74. The summed E-state index contributed by atoms with van der Waals surface area (Å²) in [5.74, 6) is -2.18. The number of nitrogens with one attached hydrogen (secondary N) is 4. The van der Waals surface area contributed by atoms with Crippen molar-refractivity contribution in [2.75, 3.05) is 0 Å². The van der Waals surface area contributed by atoms with Crippen molar-refractivity contribution in [2.45, 2.75) is 110 Å². The monoisotopic (exact) mass is 570 g/mol. The topological polar surface area (TPSA) is 210 Å². The zero-order chi connectivity index (χ0) is 30.8. The van der Waals surface area contributed by atoms with Crippen LogP contribution in [0.4, 0.5) is 0 Å². The fourth-order valence-corrected chi connectivity index (χ4v) is 3.80. The molecule has 40 heavy (non-hydrogen) atoms. The quantitative estimate of drug-likeness (QED) is 0.0941. The van der Waals surface area contributed by atoms with Crippen LogP contribution in [0.15, 0.2) is 24.3 Å². The van der Waals surface area contributed by atoms with E-state index in [1.807, 2.05) is 0 Å². The summed E-state index contributed by atoms with van der Waals surface area (Å²) in [5, 5.41) is 60.1. The van der Waals surface area contributed by atoms with E-state index in [1.165, 1.54) is 26.0 Å². The van der Waals surface area contributed by atoms with Gasteiger partial charge in [0, 0.05) is 0 Å². The normalized spacial score (nSPS) is 16.5. The van der Waals surface area contributed by atoms with Crippen LogP contribution in [0.1, 0.15) is 60.5 Å². The molecule has 0 radical (unpaired) electrons. The second-order valence-electron chi connectivity index (χ2n) is 11.2. The van der Waals surface area contributed by atoms with Gasteiger partial charge in [0.1, 0.15) is 23.8 Å². The highest BCUT2D eigenvalue weighted by Crippen LogP contribution is 2.14. The minimum atomic E-state index is -2.04. The molecule has 0 aliphatic rings. The lowest BCUT2D eigenvalue weighted by atomic mass is 9.99. The maximum atomic E-state index is 13.2. The van der Waals surface area contributed by atoms with Crippen molar-refractivity contribution >= 4 is 17.8 Å². The number of rotatable bonds is 15. The van der Waals surface area contributed by atoms with Crippen LogP contribution in [0.2, 0.25) is 0 Å². The number of hydrogen-bond donors (Lipinski definition) is 9. The third-order valence-corrected chi connectivity index (χ3v) is 5.81. The zero-order valence-electron chi connectivity index (χ0n) is 24.2. The van der Waals surface area contributed by atoms with E-state index in [4.69, 9.17) is 4.74 Å². The Labute approximate surface area is 235 Å². The minimum absolute atomic E-state index is 0.0742. The first-order chi connectivity index (χ1) is 18.4. The van der Waals surface area contributed by atoms with E-state index in [-0.39, 0.29) is 18.1 Å². The first kappa shape index (κ1) is 35.2. The second-order valence-corrected chi connectivity index (χ2v) is 11.2. The number of carbonyl (C=O) groups excluding carboxylic acids is 3. The van der Waals surface area contributed by atoms with Gasteiger partial charge >= 0.3 is 5.97 Å². The number of aliphatic hydroxyl groups is 4. The summed E-state index contributed by atoms with van der Waals surface area (Å²) < 4.78 is 5.17. The highest BCUT2D eigenvalue weighted by atomic mass is 16.6. The summed E-state index contributed by atoms with van der Waals surface area (Å²) in [4.78, 5) is 38.0. The number of aliphatic hydroxyl groups excluding tert-OH is 3. The van der Waals surface area contributed by atoms with Crippen molar-refractivity contribution in [1.82, 2.24) is 21.3 Å². The van der Waals surface area contributed by atoms with Crippen LogP contribution in [0.5, 0.6) is 5.75 Å². The average molecular weight is 571 g/mol. The number of ether oxygens (including phenoxy) is 1. The lowest BCUT2D eigenvalue weighted by molar-refractivity contribution is -0.159. The Kier molecular flexibility index (Phi) is 13.9. The van der Waals surface area contributed by atoms with E-state index in [0.29, 0.717) is 0 Å². The first-order valence-electron chi connectivity index (χ1n) is 13.2. The molecule has 0 aliphatic heterocycles. The standard InChI is InChI=1S/C27H46N4O9/c1-14(2)22(31-24(36)19(29-16(4)32)12-17-8-10-18(33)11-9-17)25(37)28-15(3)23(35)30-20(26(38)39)13-21(34)40-27(5,6)7/h8-11,14-16,19-20,22,25-26,28-29,32-33,37-39H,12-13H2,1-7H3,(H,30,35)(H,31,36). The van der Waals surface area contributed by atoms with Gasteiger partial charge in [0.15, 0.2) is 6.29 Å². The van der Waals surface area contributed by atoms with Crippen LogP contribution >= 0.6 is 0 Å². The summed E-state index contributed by atoms with van der Waals surface area (Å²) >= 11 is 0. The van der Waals surface area contributed by atoms with Crippen LogP contribution < -0.4 is 21.3 Å². The van der Waals surface area contributed by atoms with Gasteiger partial charge in [-0.15, -0.1) is 0 Å². The number of hydrogen-bond acceptors (Lipinski definition) is 11. The number of phenolic OH excluding ortho intramolecular Hbond substituents is 1. The number of phenols is 1. The lowest BCUT2D eigenvalue weighted by Crippen LogP contribution is -2.61. The van der Waals surface area contributed by atoms with Crippen LogP contribution in [-0.4, -0.2) is 91.8 Å². The van der Waals surface area contributed by atoms with E-state index >= 15 is 0 Å². The molecule has 0 heterocycles. The Morgan fingerprint density at radius 3 is 1.93 bits per heavy atom. The largest absolute Gasteiger partial charge is 0.508 e. The zero-order valence-corrected chi connectivity index (χ0v) is 24.2. The highest BCUT2D eigenvalue weighted by molar-refractivity contribution is 5.83. The van der Waals surface area contributed by atoms with Gasteiger partial charge in [0.25, 0.3) is 0 Å². The van der Waals surface area contributed by atoms with Gasteiger partial charge in [-0.3, -0.25) is 25.0 Å². The first-order valence-corrected chi connectivity index (χ1v) is 13.2. The van der Waals surface area contributed by atoms with Crippen molar-refractivity contribution < 1.29 is 44.7 Å². The maximum absolute atomic E-state index is 13.2. The van der Waals surface area contributed by atoms with Crippen LogP contribution in [0.25, 0.3) is 0 Å². The molecule has 1 rings (SSSR count). The predicted octanol–water partition coefficient (Wildman–Crippen LogP) is -0.804. The molecule has 0 bridgehead atoms. The molecule has 228 valence electrons. The number of aromatic hydroxyl groups is 1. The molecular formula is C27H46N4O9. The fourth-order valence-electron chi connectivity index (χ4n) is 3.80. The number of esters is 1. The maximum Gasteiger partial charge on any atom is 0.308 e. The van der Waals surface area contributed by atoms with Crippen molar-refractivity contribution in [1.29, 1.82) is 0 Å². The van der Waals surface area contributed by atoms with Gasteiger partial charge in [0.05, 0.1) is 30.6 Å². The smallest absolute Gasteiger partial charge is 0.308 e. The van der Waals surface area contributed by atoms with Crippen molar-refractivity contribution in [3.8, 4) is 5.75 Å². The average Bonchev–Trinajstić information content (AvgIpc) is 2.80. The summed E-state index contributed by atoms with van der Waals surface area (Å²) in [5.41, 5.74) is -0.0714. The Balaban J connectivity index is 2.88. The van der Waals surface area contributed by atoms with Crippen molar-refractivity contribution in [3.63, 3.8) is 0 Å². The third-order valence-electron chi connectivity index (χ3n) is 5.81. The molecule has 6 atom stereocenters.